The van der Waals surface area contributed by atoms with Crippen molar-refractivity contribution in [3.63, 3.8) is 0 Å². The molecule has 0 saturated heterocycles. The Morgan fingerprint density at radius 2 is 2.14 bits per heavy atom. The number of hydrogen-bond acceptors (Lipinski definition) is 2. The van der Waals surface area contributed by atoms with Crippen LogP contribution in [-0.2, 0) is 6.42 Å². The zero-order valence-corrected chi connectivity index (χ0v) is 9.79. The molecule has 14 heavy (non-hydrogen) atoms. The molecule has 2 N–H and O–H groups in total. The van der Waals surface area contributed by atoms with Gasteiger partial charge in [-0.3, -0.25) is 0 Å². The Hall–Kier alpha value is -0.380. The first-order valence-corrected chi connectivity index (χ1v) is 5.40. The molecule has 1 aromatic rings. The SMILES string of the molecule is CC(O)(CO)CCc1cccc(Br)c1. The van der Waals surface area contributed by atoms with Crippen molar-refractivity contribution in [3.8, 4) is 0 Å². The lowest BCUT2D eigenvalue weighted by Crippen LogP contribution is -2.29. The third-order valence-corrected chi connectivity index (χ3v) is 2.68. The number of hydrogen-bond donors (Lipinski definition) is 2. The first-order chi connectivity index (χ1) is 6.53. The monoisotopic (exact) mass is 258 g/mol. The predicted octanol–water partition coefficient (Wildman–Crippen LogP) is 2.12. The van der Waals surface area contributed by atoms with E-state index in [-0.39, 0.29) is 6.61 Å². The molecule has 0 radical (unpaired) electrons. The average molecular weight is 259 g/mol. The quantitative estimate of drug-likeness (QED) is 0.869. The average Bonchev–Trinajstić information content (AvgIpc) is 2.15. The van der Waals surface area contributed by atoms with E-state index in [9.17, 15) is 5.11 Å². The van der Waals surface area contributed by atoms with E-state index in [1.165, 1.54) is 0 Å². The minimum atomic E-state index is -0.970. The van der Waals surface area contributed by atoms with Gasteiger partial charge < -0.3 is 10.2 Å². The molecule has 0 aromatic heterocycles. The summed E-state index contributed by atoms with van der Waals surface area (Å²) in [6, 6.07) is 7.96. The molecule has 1 aromatic carbocycles. The largest absolute Gasteiger partial charge is 0.393 e. The van der Waals surface area contributed by atoms with E-state index < -0.39 is 5.60 Å². The van der Waals surface area contributed by atoms with Crippen molar-refractivity contribution in [3.05, 3.63) is 34.3 Å². The maximum Gasteiger partial charge on any atom is 0.0852 e. The zero-order valence-electron chi connectivity index (χ0n) is 8.20. The van der Waals surface area contributed by atoms with Gasteiger partial charge in [0.05, 0.1) is 12.2 Å². The van der Waals surface area contributed by atoms with Crippen LogP contribution in [0.15, 0.2) is 28.7 Å². The number of halogens is 1. The van der Waals surface area contributed by atoms with Gasteiger partial charge in [0.25, 0.3) is 0 Å². The van der Waals surface area contributed by atoms with Gasteiger partial charge in [-0.05, 0) is 37.5 Å². The second-order valence-electron chi connectivity index (χ2n) is 3.78. The van der Waals surface area contributed by atoms with Crippen LogP contribution in [0.4, 0.5) is 0 Å². The number of aryl methyl sites for hydroxylation is 1. The highest BCUT2D eigenvalue weighted by Crippen LogP contribution is 2.16. The Morgan fingerprint density at radius 3 is 2.71 bits per heavy atom. The molecule has 0 bridgehead atoms. The van der Waals surface area contributed by atoms with Gasteiger partial charge >= 0.3 is 0 Å². The minimum absolute atomic E-state index is 0.193. The molecule has 78 valence electrons. The van der Waals surface area contributed by atoms with Gasteiger partial charge in [0.2, 0.25) is 0 Å². The third-order valence-electron chi connectivity index (χ3n) is 2.18. The maximum atomic E-state index is 9.59. The molecule has 0 amide bonds. The molecule has 0 aliphatic carbocycles. The summed E-state index contributed by atoms with van der Waals surface area (Å²) < 4.78 is 1.04. The van der Waals surface area contributed by atoms with Crippen LogP contribution in [0, 0.1) is 0 Å². The zero-order chi connectivity index (χ0) is 10.6. The van der Waals surface area contributed by atoms with E-state index >= 15 is 0 Å². The highest BCUT2D eigenvalue weighted by atomic mass is 79.9. The molecule has 1 atom stereocenters. The summed E-state index contributed by atoms with van der Waals surface area (Å²) in [5.41, 5.74) is 0.190. The van der Waals surface area contributed by atoms with Gasteiger partial charge in [0.15, 0.2) is 0 Å². The molecule has 0 saturated carbocycles. The van der Waals surface area contributed by atoms with Gasteiger partial charge in [-0.1, -0.05) is 28.1 Å². The lowest BCUT2D eigenvalue weighted by molar-refractivity contribution is -0.00474. The minimum Gasteiger partial charge on any atom is -0.393 e. The van der Waals surface area contributed by atoms with E-state index in [2.05, 4.69) is 15.9 Å². The fourth-order valence-electron chi connectivity index (χ4n) is 1.19. The Morgan fingerprint density at radius 1 is 1.43 bits per heavy atom. The van der Waals surface area contributed by atoms with Gasteiger partial charge in [-0.15, -0.1) is 0 Å². The molecule has 2 nitrogen and oxygen atoms in total. The lowest BCUT2D eigenvalue weighted by Gasteiger charge is -2.19. The molecule has 0 aliphatic heterocycles. The second kappa shape index (κ2) is 4.91. The van der Waals surface area contributed by atoms with E-state index in [0.29, 0.717) is 6.42 Å². The molecule has 1 unspecified atom stereocenters. The van der Waals surface area contributed by atoms with Crippen LogP contribution in [0.1, 0.15) is 18.9 Å². The van der Waals surface area contributed by atoms with Crippen LogP contribution in [0.5, 0.6) is 0 Å². The topological polar surface area (TPSA) is 40.5 Å². The first kappa shape index (κ1) is 11.7. The van der Waals surface area contributed by atoms with Crippen LogP contribution in [0.3, 0.4) is 0 Å². The second-order valence-corrected chi connectivity index (χ2v) is 4.70. The lowest BCUT2D eigenvalue weighted by atomic mass is 9.98. The van der Waals surface area contributed by atoms with Gasteiger partial charge in [-0.25, -0.2) is 0 Å². The molecule has 0 spiro atoms. The van der Waals surface area contributed by atoms with E-state index in [1.807, 2.05) is 24.3 Å². The summed E-state index contributed by atoms with van der Waals surface area (Å²) in [4.78, 5) is 0. The molecular weight excluding hydrogens is 244 g/mol. The Bertz CT molecular complexity index is 297. The number of aliphatic hydroxyl groups is 2. The van der Waals surface area contributed by atoms with E-state index in [1.54, 1.807) is 6.92 Å². The smallest absolute Gasteiger partial charge is 0.0852 e. The third kappa shape index (κ3) is 3.78. The maximum absolute atomic E-state index is 9.59. The van der Waals surface area contributed by atoms with Crippen molar-refractivity contribution < 1.29 is 10.2 Å². The highest BCUT2D eigenvalue weighted by Gasteiger charge is 2.18. The Kier molecular flexibility index (Phi) is 4.11. The van der Waals surface area contributed by atoms with Gasteiger partial charge in [0, 0.05) is 4.47 Å². The Balaban J connectivity index is 2.54. The number of aliphatic hydroxyl groups excluding tert-OH is 1. The summed E-state index contributed by atoms with van der Waals surface area (Å²) in [6.07, 6.45) is 1.34. The summed E-state index contributed by atoms with van der Waals surface area (Å²) in [7, 11) is 0. The van der Waals surface area contributed by atoms with Crippen LogP contribution < -0.4 is 0 Å². The van der Waals surface area contributed by atoms with Crippen LogP contribution in [0.2, 0.25) is 0 Å². The normalized spacial score (nSPS) is 15.1. The van der Waals surface area contributed by atoms with Crippen molar-refractivity contribution >= 4 is 15.9 Å². The molecule has 3 heteroatoms. The summed E-state index contributed by atoms with van der Waals surface area (Å²) in [5.74, 6) is 0. The summed E-state index contributed by atoms with van der Waals surface area (Å²) in [5, 5.41) is 18.5. The van der Waals surface area contributed by atoms with Crippen molar-refractivity contribution in [1.82, 2.24) is 0 Å². The van der Waals surface area contributed by atoms with Crippen LogP contribution >= 0.6 is 15.9 Å². The van der Waals surface area contributed by atoms with Crippen LogP contribution in [-0.4, -0.2) is 22.4 Å². The first-order valence-electron chi connectivity index (χ1n) is 4.61. The molecular formula is C11H15BrO2. The summed E-state index contributed by atoms with van der Waals surface area (Å²) >= 11 is 3.39. The van der Waals surface area contributed by atoms with Crippen molar-refractivity contribution in [2.45, 2.75) is 25.4 Å². The molecule has 1 rings (SSSR count). The molecule has 0 aliphatic rings. The van der Waals surface area contributed by atoms with Gasteiger partial charge in [-0.2, -0.15) is 0 Å². The predicted molar refractivity (Wildman–Crippen MR) is 60.2 cm³/mol. The van der Waals surface area contributed by atoms with Crippen molar-refractivity contribution in [1.29, 1.82) is 0 Å². The number of rotatable bonds is 4. The standard InChI is InChI=1S/C11H15BrO2/c1-11(14,8-13)6-5-9-3-2-4-10(12)7-9/h2-4,7,13-14H,5-6,8H2,1H3. The van der Waals surface area contributed by atoms with Crippen molar-refractivity contribution in [2.75, 3.05) is 6.61 Å². The molecule has 0 fully saturated rings. The van der Waals surface area contributed by atoms with Crippen molar-refractivity contribution in [2.24, 2.45) is 0 Å². The van der Waals surface area contributed by atoms with E-state index in [0.717, 1.165) is 16.5 Å². The van der Waals surface area contributed by atoms with Crippen LogP contribution in [0.25, 0.3) is 0 Å². The molecule has 0 heterocycles. The Labute approximate surface area is 92.7 Å². The fourth-order valence-corrected chi connectivity index (χ4v) is 1.63. The van der Waals surface area contributed by atoms with E-state index in [4.69, 9.17) is 5.11 Å². The number of benzene rings is 1. The van der Waals surface area contributed by atoms with Gasteiger partial charge in [0.1, 0.15) is 0 Å². The summed E-state index contributed by atoms with van der Waals surface area (Å²) in [6.45, 7) is 1.45. The highest BCUT2D eigenvalue weighted by molar-refractivity contribution is 9.10. The fraction of sp³-hybridized carbons (Fsp3) is 0.455.